The van der Waals surface area contributed by atoms with Crippen LogP contribution in [0.5, 0.6) is 5.88 Å². The number of halogens is 1. The van der Waals surface area contributed by atoms with E-state index in [0.29, 0.717) is 29.4 Å². The van der Waals surface area contributed by atoms with E-state index in [-0.39, 0.29) is 11.9 Å². The number of nitrogens with zero attached hydrogens (tertiary/aromatic N) is 2. The minimum absolute atomic E-state index is 0.0689. The highest BCUT2D eigenvalue weighted by atomic mass is 19.1. The molecule has 2 N–H and O–H groups in total. The summed E-state index contributed by atoms with van der Waals surface area (Å²) in [6.45, 7) is 1.87. The van der Waals surface area contributed by atoms with E-state index >= 15 is 0 Å². The molecule has 0 bridgehead atoms. The zero-order chi connectivity index (χ0) is 13.8. The maximum absolute atomic E-state index is 13.8. The Morgan fingerprint density at radius 2 is 2.05 bits per heavy atom. The van der Waals surface area contributed by atoms with E-state index in [1.807, 2.05) is 6.92 Å². The molecule has 100 valence electrons. The van der Waals surface area contributed by atoms with Crippen LogP contribution in [-0.4, -0.2) is 23.1 Å². The number of nitrogens with two attached hydrogens (primary N) is 1. The van der Waals surface area contributed by atoms with Gasteiger partial charge in [-0.05, 0) is 19.1 Å². The van der Waals surface area contributed by atoms with Crippen molar-refractivity contribution in [1.29, 1.82) is 0 Å². The number of hydrogen-bond donors (Lipinski definition) is 1. The van der Waals surface area contributed by atoms with Crippen molar-refractivity contribution < 1.29 is 9.13 Å². The number of hydrogen-bond acceptors (Lipinski definition) is 4. The molecule has 0 radical (unpaired) electrons. The number of benzene rings is 1. The van der Waals surface area contributed by atoms with E-state index in [4.69, 9.17) is 10.5 Å². The Morgan fingerprint density at radius 1 is 1.32 bits per heavy atom. The highest BCUT2D eigenvalue weighted by molar-refractivity contribution is 5.60. The van der Waals surface area contributed by atoms with Crippen LogP contribution in [-0.2, 0) is 6.42 Å². The Morgan fingerprint density at radius 3 is 2.68 bits per heavy atom. The zero-order valence-corrected chi connectivity index (χ0v) is 10.9. The first-order valence-electron chi connectivity index (χ1n) is 6.02. The Labute approximate surface area is 111 Å². The van der Waals surface area contributed by atoms with E-state index in [9.17, 15) is 4.39 Å². The van der Waals surface area contributed by atoms with Crippen molar-refractivity contribution in [2.75, 3.05) is 7.11 Å². The molecule has 1 atom stereocenters. The van der Waals surface area contributed by atoms with Crippen molar-refractivity contribution in [3.8, 4) is 17.1 Å². The average Bonchev–Trinajstić information content (AvgIpc) is 2.38. The quantitative estimate of drug-likeness (QED) is 0.916. The number of ether oxygens (including phenoxy) is 1. The molecule has 1 unspecified atom stereocenters. The van der Waals surface area contributed by atoms with Gasteiger partial charge < -0.3 is 10.5 Å². The fraction of sp³-hybridized carbons (Fsp3) is 0.286. The van der Waals surface area contributed by atoms with Crippen molar-refractivity contribution in [2.45, 2.75) is 19.4 Å². The second-order valence-electron chi connectivity index (χ2n) is 4.37. The van der Waals surface area contributed by atoms with Crippen LogP contribution in [0.3, 0.4) is 0 Å². The first-order valence-corrected chi connectivity index (χ1v) is 6.02. The summed E-state index contributed by atoms with van der Waals surface area (Å²) in [6.07, 6.45) is 0.513. The van der Waals surface area contributed by atoms with Crippen LogP contribution in [0.1, 0.15) is 12.7 Å². The summed E-state index contributed by atoms with van der Waals surface area (Å²) in [5, 5.41) is 0. The van der Waals surface area contributed by atoms with Crippen LogP contribution < -0.4 is 10.5 Å². The smallest absolute Gasteiger partial charge is 0.216 e. The van der Waals surface area contributed by atoms with Gasteiger partial charge in [-0.1, -0.05) is 12.1 Å². The largest absolute Gasteiger partial charge is 0.481 e. The van der Waals surface area contributed by atoms with Gasteiger partial charge in [0.05, 0.1) is 12.8 Å². The summed E-state index contributed by atoms with van der Waals surface area (Å²) in [7, 11) is 1.52. The lowest BCUT2D eigenvalue weighted by molar-refractivity contribution is 0.394. The van der Waals surface area contributed by atoms with E-state index in [1.54, 1.807) is 24.3 Å². The third kappa shape index (κ3) is 3.26. The molecule has 4 nitrogen and oxygen atoms in total. The highest BCUT2D eigenvalue weighted by Crippen LogP contribution is 2.23. The van der Waals surface area contributed by atoms with Crippen molar-refractivity contribution in [1.82, 2.24) is 9.97 Å². The van der Waals surface area contributed by atoms with Crippen molar-refractivity contribution in [3.63, 3.8) is 0 Å². The molecule has 0 fully saturated rings. The fourth-order valence-electron chi connectivity index (χ4n) is 1.76. The summed E-state index contributed by atoms with van der Waals surface area (Å²) in [5.41, 5.74) is 6.67. The standard InChI is InChI=1S/C14H16FN3O/c1-9(16)7-13-17-12(8-14(18-13)19-2)10-5-3-4-6-11(10)15/h3-6,8-9H,7,16H2,1-2H3. The predicted octanol–water partition coefficient (Wildman–Crippen LogP) is 2.18. The van der Waals surface area contributed by atoms with Gasteiger partial charge in [-0.15, -0.1) is 0 Å². The molecule has 2 rings (SSSR count). The van der Waals surface area contributed by atoms with E-state index in [1.165, 1.54) is 13.2 Å². The molecule has 0 aliphatic heterocycles. The predicted molar refractivity (Wildman–Crippen MR) is 71.3 cm³/mol. The number of aromatic nitrogens is 2. The van der Waals surface area contributed by atoms with Gasteiger partial charge in [0, 0.05) is 24.1 Å². The van der Waals surface area contributed by atoms with Gasteiger partial charge in [0.2, 0.25) is 5.88 Å². The topological polar surface area (TPSA) is 61.0 Å². The molecule has 1 aromatic heterocycles. The van der Waals surface area contributed by atoms with Gasteiger partial charge in [-0.2, -0.15) is 4.98 Å². The third-order valence-electron chi connectivity index (χ3n) is 2.61. The molecule has 0 amide bonds. The first-order chi connectivity index (χ1) is 9.10. The Hall–Kier alpha value is -2.01. The lowest BCUT2D eigenvalue weighted by atomic mass is 10.1. The van der Waals surface area contributed by atoms with Crippen molar-refractivity contribution in [3.05, 3.63) is 42.0 Å². The summed E-state index contributed by atoms with van der Waals surface area (Å²) in [5.74, 6) is 0.631. The first kappa shape index (κ1) is 13.4. The average molecular weight is 261 g/mol. The second kappa shape index (κ2) is 5.75. The van der Waals surface area contributed by atoms with Crippen LogP contribution in [0.25, 0.3) is 11.3 Å². The normalized spacial score (nSPS) is 12.2. The van der Waals surface area contributed by atoms with Crippen molar-refractivity contribution >= 4 is 0 Å². The van der Waals surface area contributed by atoms with Crippen molar-refractivity contribution in [2.24, 2.45) is 5.73 Å². The van der Waals surface area contributed by atoms with Gasteiger partial charge in [0.1, 0.15) is 11.6 Å². The minimum Gasteiger partial charge on any atom is -0.481 e. The second-order valence-corrected chi connectivity index (χ2v) is 4.37. The molecule has 1 aromatic carbocycles. The number of rotatable bonds is 4. The van der Waals surface area contributed by atoms with Crippen LogP contribution in [0.4, 0.5) is 4.39 Å². The van der Waals surface area contributed by atoms with Crippen LogP contribution in [0.2, 0.25) is 0 Å². The molecular formula is C14H16FN3O. The SMILES string of the molecule is COc1cc(-c2ccccc2F)nc(CC(C)N)n1. The lowest BCUT2D eigenvalue weighted by Gasteiger charge is -2.09. The van der Waals surface area contributed by atoms with E-state index in [0.717, 1.165) is 0 Å². The molecular weight excluding hydrogens is 245 g/mol. The summed E-state index contributed by atoms with van der Waals surface area (Å²) in [6, 6.07) is 8.02. The molecule has 0 saturated heterocycles. The third-order valence-corrected chi connectivity index (χ3v) is 2.61. The van der Waals surface area contributed by atoms with Gasteiger partial charge in [0.25, 0.3) is 0 Å². The Bertz CT molecular complexity index is 572. The molecule has 1 heterocycles. The maximum atomic E-state index is 13.8. The highest BCUT2D eigenvalue weighted by Gasteiger charge is 2.11. The van der Waals surface area contributed by atoms with E-state index in [2.05, 4.69) is 9.97 Å². The molecule has 0 saturated carbocycles. The summed E-state index contributed by atoms with van der Waals surface area (Å²) in [4.78, 5) is 8.55. The summed E-state index contributed by atoms with van der Waals surface area (Å²) >= 11 is 0. The van der Waals surface area contributed by atoms with Crippen LogP contribution >= 0.6 is 0 Å². The molecule has 5 heteroatoms. The lowest BCUT2D eigenvalue weighted by Crippen LogP contribution is -2.19. The maximum Gasteiger partial charge on any atom is 0.216 e. The van der Waals surface area contributed by atoms with Gasteiger partial charge in [0.15, 0.2) is 0 Å². The molecule has 0 aliphatic rings. The fourth-order valence-corrected chi connectivity index (χ4v) is 1.76. The van der Waals surface area contributed by atoms with E-state index < -0.39 is 0 Å². The number of methoxy groups -OCH3 is 1. The molecule has 0 spiro atoms. The van der Waals surface area contributed by atoms with Gasteiger partial charge >= 0.3 is 0 Å². The molecule has 19 heavy (non-hydrogen) atoms. The zero-order valence-electron chi connectivity index (χ0n) is 10.9. The monoisotopic (exact) mass is 261 g/mol. The van der Waals surface area contributed by atoms with Gasteiger partial charge in [-0.3, -0.25) is 0 Å². The van der Waals surface area contributed by atoms with Crippen LogP contribution in [0.15, 0.2) is 30.3 Å². The Kier molecular flexibility index (Phi) is 4.06. The van der Waals surface area contributed by atoms with Gasteiger partial charge in [-0.25, -0.2) is 9.37 Å². The molecule has 2 aromatic rings. The summed E-state index contributed by atoms with van der Waals surface area (Å²) < 4.78 is 18.9. The molecule has 0 aliphatic carbocycles. The van der Waals surface area contributed by atoms with Crippen LogP contribution in [0, 0.1) is 5.82 Å². The Balaban J connectivity index is 2.48. The minimum atomic E-state index is -0.324.